The van der Waals surface area contributed by atoms with Crippen LogP contribution in [-0.2, 0) is 22.4 Å². The molecule has 1 aliphatic rings. The first-order valence-electron chi connectivity index (χ1n) is 10.7. The normalized spacial score (nSPS) is 14.6. The second-order valence-corrected chi connectivity index (χ2v) is 8.15. The summed E-state index contributed by atoms with van der Waals surface area (Å²) < 4.78 is 19.2. The van der Waals surface area contributed by atoms with E-state index in [-0.39, 0.29) is 24.7 Å². The van der Waals surface area contributed by atoms with Crippen LogP contribution < -0.4 is 10.6 Å². The zero-order valence-corrected chi connectivity index (χ0v) is 18.6. The number of aliphatic hydroxyl groups is 1. The molecule has 3 rings (SSSR count). The van der Waals surface area contributed by atoms with E-state index in [1.54, 1.807) is 0 Å². The molecule has 11 heteroatoms. The number of carbonyl (C=O) groups excluding carboxylic acids is 1. The Kier molecular flexibility index (Phi) is 8.93. The molecule has 1 aliphatic heterocycles. The van der Waals surface area contributed by atoms with E-state index in [4.69, 9.17) is 16.3 Å². The third-order valence-corrected chi connectivity index (χ3v) is 5.52. The second kappa shape index (κ2) is 11.9. The van der Waals surface area contributed by atoms with Crippen molar-refractivity contribution >= 4 is 29.3 Å². The maximum absolute atomic E-state index is 13.8. The van der Waals surface area contributed by atoms with Gasteiger partial charge in [0.1, 0.15) is 11.9 Å². The van der Waals surface area contributed by atoms with Crippen molar-refractivity contribution in [2.24, 2.45) is 0 Å². The summed E-state index contributed by atoms with van der Waals surface area (Å²) in [5.74, 6) is -2.31. The van der Waals surface area contributed by atoms with E-state index in [0.717, 1.165) is 43.3 Å². The summed E-state index contributed by atoms with van der Waals surface area (Å²) in [6, 6.07) is 2.70. The molecule has 2 atom stereocenters. The van der Waals surface area contributed by atoms with Gasteiger partial charge < -0.3 is 25.6 Å². The molecule has 0 bridgehead atoms. The number of nitrogens with zero attached hydrogens (tertiary/aromatic N) is 2. The molecule has 0 spiro atoms. The first-order chi connectivity index (χ1) is 15.8. The maximum Gasteiger partial charge on any atom is 0.326 e. The van der Waals surface area contributed by atoms with Gasteiger partial charge in [0.05, 0.1) is 29.5 Å². The lowest BCUT2D eigenvalue weighted by Gasteiger charge is -2.18. The van der Waals surface area contributed by atoms with Crippen molar-refractivity contribution in [3.63, 3.8) is 0 Å². The Morgan fingerprint density at radius 1 is 1.30 bits per heavy atom. The van der Waals surface area contributed by atoms with Crippen molar-refractivity contribution < 1.29 is 28.9 Å². The summed E-state index contributed by atoms with van der Waals surface area (Å²) in [5, 5.41) is 24.8. The number of anilines is 1. The molecule has 0 saturated carbocycles. The number of carboxylic acid groups (broad SMARTS) is 1. The number of aryl methyl sites for hydroxylation is 2. The Morgan fingerprint density at radius 3 is 2.88 bits per heavy atom. The SMILES string of the molecule is O=C(NC(CCOCC(O)CCc1ccc2c(n1)NCCC2)C(=O)O)c1c(F)cncc1Cl. The lowest BCUT2D eigenvalue weighted by molar-refractivity contribution is -0.139. The van der Waals surface area contributed by atoms with E-state index in [2.05, 4.69) is 26.7 Å². The number of amides is 1. The van der Waals surface area contributed by atoms with E-state index in [1.165, 1.54) is 5.56 Å². The van der Waals surface area contributed by atoms with Crippen LogP contribution in [0.15, 0.2) is 24.5 Å². The molecule has 4 N–H and O–H groups in total. The van der Waals surface area contributed by atoms with E-state index in [0.29, 0.717) is 12.8 Å². The Bertz CT molecular complexity index is 973. The van der Waals surface area contributed by atoms with E-state index in [1.807, 2.05) is 6.07 Å². The van der Waals surface area contributed by atoms with Crippen molar-refractivity contribution in [3.8, 4) is 0 Å². The van der Waals surface area contributed by atoms with Gasteiger partial charge in [0.15, 0.2) is 5.82 Å². The number of carboxylic acids is 1. The molecule has 1 amide bonds. The van der Waals surface area contributed by atoms with Gasteiger partial charge in [-0.05, 0) is 37.3 Å². The summed E-state index contributed by atoms with van der Waals surface area (Å²) in [5.41, 5.74) is 1.60. The van der Waals surface area contributed by atoms with E-state index >= 15 is 0 Å². The average Bonchev–Trinajstić information content (AvgIpc) is 2.79. The lowest BCUT2D eigenvalue weighted by atomic mass is 10.1. The number of aliphatic carboxylic acids is 1. The summed E-state index contributed by atoms with van der Waals surface area (Å²) in [4.78, 5) is 31.8. The fourth-order valence-corrected chi connectivity index (χ4v) is 3.67. The molecule has 9 nitrogen and oxygen atoms in total. The van der Waals surface area contributed by atoms with Crippen molar-refractivity contribution in [1.82, 2.24) is 15.3 Å². The highest BCUT2D eigenvalue weighted by Gasteiger charge is 2.24. The number of hydrogen-bond acceptors (Lipinski definition) is 7. The number of nitrogens with one attached hydrogen (secondary N) is 2. The number of aliphatic hydroxyl groups excluding tert-OH is 1. The summed E-state index contributed by atoms with van der Waals surface area (Å²) >= 11 is 5.79. The summed E-state index contributed by atoms with van der Waals surface area (Å²) in [6.45, 7) is 0.887. The minimum atomic E-state index is -1.31. The van der Waals surface area contributed by atoms with Gasteiger partial charge in [-0.3, -0.25) is 9.78 Å². The van der Waals surface area contributed by atoms with Crippen molar-refractivity contribution in [2.45, 2.75) is 44.2 Å². The topological polar surface area (TPSA) is 134 Å². The quantitative estimate of drug-likeness (QED) is 0.360. The molecule has 2 aromatic rings. The Hall–Kier alpha value is -2.82. The van der Waals surface area contributed by atoms with Crippen LogP contribution in [0.5, 0.6) is 0 Å². The fraction of sp³-hybridized carbons (Fsp3) is 0.455. The van der Waals surface area contributed by atoms with Gasteiger partial charge in [0.25, 0.3) is 5.91 Å². The van der Waals surface area contributed by atoms with Gasteiger partial charge in [-0.1, -0.05) is 17.7 Å². The average molecular weight is 481 g/mol. The third kappa shape index (κ3) is 7.08. The van der Waals surface area contributed by atoms with Gasteiger partial charge in [-0.2, -0.15) is 0 Å². The van der Waals surface area contributed by atoms with Crippen LogP contribution >= 0.6 is 11.6 Å². The Balaban J connectivity index is 1.40. The summed E-state index contributed by atoms with van der Waals surface area (Å²) in [7, 11) is 0. The zero-order chi connectivity index (χ0) is 23.8. The highest BCUT2D eigenvalue weighted by atomic mass is 35.5. The van der Waals surface area contributed by atoms with Crippen LogP contribution in [0.25, 0.3) is 0 Å². The molecule has 0 aromatic carbocycles. The fourth-order valence-electron chi connectivity index (χ4n) is 3.44. The molecular formula is C22H26ClFN4O5. The first-order valence-corrected chi connectivity index (χ1v) is 11.0. The molecule has 2 unspecified atom stereocenters. The molecule has 0 saturated heterocycles. The van der Waals surface area contributed by atoms with Crippen LogP contribution in [0.1, 0.15) is 40.9 Å². The second-order valence-electron chi connectivity index (χ2n) is 7.74. The molecule has 178 valence electrons. The molecule has 0 aliphatic carbocycles. The molecule has 33 heavy (non-hydrogen) atoms. The number of carbonyl (C=O) groups is 2. The number of pyridine rings is 2. The number of rotatable bonds is 11. The van der Waals surface area contributed by atoms with Crippen LogP contribution in [0.3, 0.4) is 0 Å². The van der Waals surface area contributed by atoms with Gasteiger partial charge in [0.2, 0.25) is 0 Å². The Labute approximate surface area is 195 Å². The molecule has 0 radical (unpaired) electrons. The van der Waals surface area contributed by atoms with E-state index in [9.17, 15) is 24.2 Å². The van der Waals surface area contributed by atoms with Crippen LogP contribution in [0, 0.1) is 5.82 Å². The van der Waals surface area contributed by atoms with Crippen molar-refractivity contribution in [3.05, 3.63) is 52.2 Å². The van der Waals surface area contributed by atoms with Crippen molar-refractivity contribution in [2.75, 3.05) is 25.1 Å². The maximum atomic E-state index is 13.8. The number of halogens is 2. The van der Waals surface area contributed by atoms with Gasteiger partial charge in [-0.25, -0.2) is 14.2 Å². The highest BCUT2D eigenvalue weighted by Crippen LogP contribution is 2.20. The minimum Gasteiger partial charge on any atom is -0.480 e. The summed E-state index contributed by atoms with van der Waals surface area (Å²) in [6.07, 6.45) is 4.19. The molecule has 2 aromatic heterocycles. The van der Waals surface area contributed by atoms with E-state index < -0.39 is 35.4 Å². The standard InChI is InChI=1S/C22H26ClFN4O5/c23-16-10-25-11-17(24)19(16)21(30)28-18(22(31)32)7-9-33-12-15(29)6-5-14-4-3-13-2-1-8-26-20(13)27-14/h3-4,10-11,15,18,29H,1-2,5-9,12H2,(H,26,27)(H,28,30)(H,31,32). The van der Waals surface area contributed by atoms with Gasteiger partial charge >= 0.3 is 5.97 Å². The zero-order valence-electron chi connectivity index (χ0n) is 17.9. The van der Waals surface area contributed by atoms with Crippen LogP contribution in [-0.4, -0.2) is 64.0 Å². The lowest BCUT2D eigenvalue weighted by Crippen LogP contribution is -2.42. The Morgan fingerprint density at radius 2 is 2.12 bits per heavy atom. The van der Waals surface area contributed by atoms with Gasteiger partial charge in [-0.15, -0.1) is 0 Å². The predicted octanol–water partition coefficient (Wildman–Crippen LogP) is 2.21. The predicted molar refractivity (Wildman–Crippen MR) is 119 cm³/mol. The van der Waals surface area contributed by atoms with Gasteiger partial charge in [0, 0.05) is 31.5 Å². The largest absolute Gasteiger partial charge is 0.480 e. The molecular weight excluding hydrogens is 455 g/mol. The molecule has 3 heterocycles. The molecule has 0 fully saturated rings. The smallest absolute Gasteiger partial charge is 0.326 e. The third-order valence-electron chi connectivity index (χ3n) is 5.23. The van der Waals surface area contributed by atoms with Crippen LogP contribution in [0.2, 0.25) is 5.02 Å². The number of aromatic nitrogens is 2. The highest BCUT2D eigenvalue weighted by molar-refractivity contribution is 6.33. The monoisotopic (exact) mass is 480 g/mol. The first kappa shape index (κ1) is 24.8. The van der Waals surface area contributed by atoms with Crippen molar-refractivity contribution in [1.29, 1.82) is 0 Å². The number of ether oxygens (including phenoxy) is 1. The van der Waals surface area contributed by atoms with Crippen LogP contribution in [0.4, 0.5) is 10.2 Å². The number of hydrogen-bond donors (Lipinski definition) is 4. The minimum absolute atomic E-state index is 0.00822. The number of fused-ring (bicyclic) bond motifs is 1.